The third-order valence-corrected chi connectivity index (χ3v) is 3.89. The molecular formula is C14H17NO3S. The molecule has 0 saturated carbocycles. The summed E-state index contributed by atoms with van der Waals surface area (Å²) in [7, 11) is 1.41. The summed E-state index contributed by atoms with van der Waals surface area (Å²) in [5, 5.41) is 0.269. The van der Waals surface area contributed by atoms with Crippen LogP contribution in [0.3, 0.4) is 0 Å². The Morgan fingerprint density at radius 1 is 1.47 bits per heavy atom. The van der Waals surface area contributed by atoms with Crippen LogP contribution in [0.2, 0.25) is 0 Å². The van der Waals surface area contributed by atoms with Gasteiger partial charge in [0.2, 0.25) is 0 Å². The highest BCUT2D eigenvalue weighted by atomic mass is 32.2. The van der Waals surface area contributed by atoms with Crippen molar-refractivity contribution in [1.29, 1.82) is 0 Å². The van der Waals surface area contributed by atoms with E-state index in [0.717, 1.165) is 30.4 Å². The number of carbonyl (C=O) groups excluding carboxylic acids is 1. The Morgan fingerprint density at radius 3 is 2.95 bits per heavy atom. The fourth-order valence-electron chi connectivity index (χ4n) is 1.77. The first-order chi connectivity index (χ1) is 9.24. The van der Waals surface area contributed by atoms with Gasteiger partial charge in [-0.15, -0.1) is 0 Å². The topological polar surface area (TPSA) is 52.3 Å². The molecule has 0 aliphatic carbocycles. The van der Waals surface area contributed by atoms with Crippen molar-refractivity contribution in [1.82, 2.24) is 4.98 Å². The Balaban J connectivity index is 2.13. The fraction of sp³-hybridized carbons (Fsp3) is 0.429. The normalized spacial score (nSPS) is 12.5. The monoisotopic (exact) mass is 279 g/mol. The van der Waals surface area contributed by atoms with Gasteiger partial charge in [0.15, 0.2) is 5.58 Å². The highest BCUT2D eigenvalue weighted by Crippen LogP contribution is 2.29. The minimum atomic E-state index is -0.252. The maximum atomic E-state index is 11.7. The quantitative estimate of drug-likeness (QED) is 0.596. The summed E-state index contributed by atoms with van der Waals surface area (Å²) in [6, 6.07) is 7.57. The first-order valence-electron chi connectivity index (χ1n) is 6.34. The molecule has 0 bridgehead atoms. The van der Waals surface area contributed by atoms with Gasteiger partial charge in [-0.2, -0.15) is 0 Å². The molecule has 5 heteroatoms. The molecule has 0 amide bonds. The number of thioether (sulfide) groups is 1. The largest absolute Gasteiger partial charge is 0.468 e. The second-order valence-corrected chi connectivity index (χ2v) is 5.37. The molecule has 1 heterocycles. The lowest BCUT2D eigenvalue weighted by molar-refractivity contribution is -0.140. The zero-order valence-electron chi connectivity index (χ0n) is 11.1. The number of methoxy groups -OCH3 is 1. The molecule has 1 aromatic heterocycles. The van der Waals surface area contributed by atoms with Crippen LogP contribution in [-0.4, -0.2) is 23.3 Å². The molecule has 0 N–H and O–H groups in total. The SMILES string of the molecule is CCCCC(Sc1nc2ccccc2o1)C(=O)OC. The van der Waals surface area contributed by atoms with Gasteiger partial charge in [0.05, 0.1) is 7.11 Å². The molecule has 0 aliphatic rings. The number of benzene rings is 1. The average molecular weight is 279 g/mol. The van der Waals surface area contributed by atoms with E-state index in [-0.39, 0.29) is 11.2 Å². The summed E-state index contributed by atoms with van der Waals surface area (Å²) in [6.45, 7) is 2.10. The summed E-state index contributed by atoms with van der Waals surface area (Å²) in [5.74, 6) is -0.222. The molecule has 2 aromatic rings. The second-order valence-electron chi connectivity index (χ2n) is 4.22. The number of unbranched alkanes of at least 4 members (excludes halogenated alkanes) is 1. The smallest absolute Gasteiger partial charge is 0.319 e. The van der Waals surface area contributed by atoms with Gasteiger partial charge in [-0.3, -0.25) is 4.79 Å². The number of rotatable bonds is 6. The van der Waals surface area contributed by atoms with Crippen LogP contribution >= 0.6 is 11.8 Å². The standard InChI is InChI=1S/C14H17NO3S/c1-3-4-9-12(13(16)17-2)19-14-15-10-7-5-6-8-11(10)18-14/h5-8,12H,3-4,9H2,1-2H3. The summed E-state index contributed by atoms with van der Waals surface area (Å²) < 4.78 is 10.4. The number of hydrogen-bond donors (Lipinski definition) is 0. The van der Waals surface area contributed by atoms with Crippen LogP contribution in [0, 0.1) is 0 Å². The minimum absolute atomic E-state index is 0.222. The van der Waals surface area contributed by atoms with Gasteiger partial charge in [-0.05, 0) is 18.6 Å². The minimum Gasteiger partial charge on any atom is -0.468 e. The van der Waals surface area contributed by atoms with Crippen molar-refractivity contribution in [2.45, 2.75) is 36.7 Å². The van der Waals surface area contributed by atoms with Crippen molar-refractivity contribution in [2.75, 3.05) is 7.11 Å². The van der Waals surface area contributed by atoms with E-state index < -0.39 is 0 Å². The molecule has 0 aliphatic heterocycles. The number of esters is 1. The molecule has 0 fully saturated rings. The van der Waals surface area contributed by atoms with Crippen molar-refractivity contribution in [3.8, 4) is 0 Å². The number of aromatic nitrogens is 1. The van der Waals surface area contributed by atoms with Crippen LogP contribution in [0.15, 0.2) is 33.9 Å². The van der Waals surface area contributed by atoms with Crippen molar-refractivity contribution >= 4 is 28.8 Å². The van der Waals surface area contributed by atoms with E-state index >= 15 is 0 Å². The zero-order valence-corrected chi connectivity index (χ0v) is 11.9. The molecule has 102 valence electrons. The van der Waals surface area contributed by atoms with E-state index in [9.17, 15) is 4.79 Å². The number of carbonyl (C=O) groups is 1. The molecule has 1 atom stereocenters. The Bertz CT molecular complexity index is 519. The number of nitrogens with zero attached hydrogens (tertiary/aromatic N) is 1. The summed E-state index contributed by atoms with van der Waals surface area (Å²) in [5.41, 5.74) is 1.55. The number of oxazole rings is 1. The van der Waals surface area contributed by atoms with E-state index in [1.165, 1.54) is 18.9 Å². The van der Waals surface area contributed by atoms with Crippen LogP contribution in [0.4, 0.5) is 0 Å². The van der Waals surface area contributed by atoms with Crippen molar-refractivity contribution in [3.63, 3.8) is 0 Å². The molecule has 4 nitrogen and oxygen atoms in total. The van der Waals surface area contributed by atoms with Gasteiger partial charge in [0.25, 0.3) is 5.22 Å². The molecule has 1 aromatic carbocycles. The van der Waals surface area contributed by atoms with Gasteiger partial charge in [-0.1, -0.05) is 43.7 Å². The van der Waals surface area contributed by atoms with Crippen LogP contribution < -0.4 is 0 Å². The van der Waals surface area contributed by atoms with Crippen molar-refractivity contribution in [2.24, 2.45) is 0 Å². The Kier molecular flexibility index (Phi) is 4.85. The van der Waals surface area contributed by atoms with Gasteiger partial charge in [-0.25, -0.2) is 4.98 Å². The Hall–Kier alpha value is -1.49. The number of fused-ring (bicyclic) bond motifs is 1. The number of para-hydroxylation sites is 2. The lowest BCUT2D eigenvalue weighted by atomic mass is 10.2. The molecule has 0 radical (unpaired) electrons. The zero-order chi connectivity index (χ0) is 13.7. The first kappa shape index (κ1) is 13.9. The Labute approximate surface area is 116 Å². The fourth-order valence-corrected chi connectivity index (χ4v) is 2.78. The van der Waals surface area contributed by atoms with Gasteiger partial charge >= 0.3 is 5.97 Å². The number of hydrogen-bond acceptors (Lipinski definition) is 5. The van der Waals surface area contributed by atoms with E-state index in [1.54, 1.807) is 0 Å². The molecule has 1 unspecified atom stereocenters. The summed E-state index contributed by atoms with van der Waals surface area (Å²) in [4.78, 5) is 16.1. The van der Waals surface area contributed by atoms with E-state index in [1.807, 2.05) is 24.3 Å². The summed E-state index contributed by atoms with van der Waals surface area (Å²) >= 11 is 1.33. The molecular weight excluding hydrogens is 262 g/mol. The highest BCUT2D eigenvalue weighted by Gasteiger charge is 2.22. The Morgan fingerprint density at radius 2 is 2.26 bits per heavy atom. The maximum Gasteiger partial charge on any atom is 0.319 e. The first-order valence-corrected chi connectivity index (χ1v) is 7.22. The maximum absolute atomic E-state index is 11.7. The van der Waals surface area contributed by atoms with E-state index in [0.29, 0.717) is 5.22 Å². The second kappa shape index (κ2) is 6.61. The summed E-state index contributed by atoms with van der Waals surface area (Å²) in [6.07, 6.45) is 2.79. The lowest BCUT2D eigenvalue weighted by Crippen LogP contribution is -2.18. The van der Waals surface area contributed by atoms with Crippen LogP contribution in [0.25, 0.3) is 11.1 Å². The molecule has 2 rings (SSSR count). The van der Waals surface area contributed by atoms with Crippen molar-refractivity contribution in [3.05, 3.63) is 24.3 Å². The average Bonchev–Trinajstić information content (AvgIpc) is 2.84. The predicted octanol–water partition coefficient (Wildman–Crippen LogP) is 3.65. The van der Waals surface area contributed by atoms with Crippen LogP contribution in [-0.2, 0) is 9.53 Å². The van der Waals surface area contributed by atoms with Crippen molar-refractivity contribution < 1.29 is 13.9 Å². The molecule has 19 heavy (non-hydrogen) atoms. The van der Waals surface area contributed by atoms with Gasteiger partial charge in [0, 0.05) is 0 Å². The molecule has 0 saturated heterocycles. The molecule has 0 spiro atoms. The third-order valence-electron chi connectivity index (χ3n) is 2.80. The van der Waals surface area contributed by atoms with Gasteiger partial charge < -0.3 is 9.15 Å². The van der Waals surface area contributed by atoms with Crippen LogP contribution in [0.5, 0.6) is 0 Å². The third kappa shape index (κ3) is 3.50. The van der Waals surface area contributed by atoms with Gasteiger partial charge in [0.1, 0.15) is 10.8 Å². The number of ether oxygens (including phenoxy) is 1. The lowest BCUT2D eigenvalue weighted by Gasteiger charge is -2.10. The highest BCUT2D eigenvalue weighted by molar-refractivity contribution is 8.00. The van der Waals surface area contributed by atoms with Crippen LogP contribution in [0.1, 0.15) is 26.2 Å². The predicted molar refractivity (Wildman–Crippen MR) is 75.2 cm³/mol. The van der Waals surface area contributed by atoms with E-state index in [4.69, 9.17) is 9.15 Å². The van der Waals surface area contributed by atoms with E-state index in [2.05, 4.69) is 11.9 Å².